The van der Waals surface area contributed by atoms with Crippen molar-refractivity contribution >= 4 is 34.2 Å². The molecule has 9 heteroatoms. The number of hydrogen-bond donors (Lipinski definition) is 1. The van der Waals surface area contributed by atoms with E-state index in [2.05, 4.69) is 20.2 Å². The Bertz CT molecular complexity index is 1470. The van der Waals surface area contributed by atoms with E-state index in [0.717, 1.165) is 43.9 Å². The number of aromatic nitrogens is 2. The summed E-state index contributed by atoms with van der Waals surface area (Å²) in [4.78, 5) is 36.7. The second kappa shape index (κ2) is 9.17. The molecule has 5 rings (SSSR count). The van der Waals surface area contributed by atoms with Crippen LogP contribution in [0.15, 0.2) is 60.8 Å². The van der Waals surface area contributed by atoms with Gasteiger partial charge in [0.2, 0.25) is 0 Å². The Morgan fingerprint density at radius 1 is 0.857 bits per heavy atom. The lowest BCUT2D eigenvalue weighted by molar-refractivity contribution is 0.101. The maximum Gasteiger partial charge on any atom is 0.255 e. The molecule has 0 aliphatic carbocycles. The highest BCUT2D eigenvalue weighted by atomic mass is 19.2. The average molecular weight is 476 g/mol. The summed E-state index contributed by atoms with van der Waals surface area (Å²) in [6.07, 6.45) is 3.87. The average Bonchev–Trinajstić information content (AvgIpc) is 3.41. The molecule has 0 bridgehead atoms. The van der Waals surface area contributed by atoms with Crippen LogP contribution in [0.2, 0.25) is 0 Å². The van der Waals surface area contributed by atoms with Crippen LogP contribution < -0.4 is 10.2 Å². The highest BCUT2D eigenvalue weighted by Gasteiger charge is 2.20. The fourth-order valence-electron chi connectivity index (χ4n) is 4.03. The molecule has 6 nitrogen and oxygen atoms in total. The summed E-state index contributed by atoms with van der Waals surface area (Å²) in [7, 11) is 0. The number of anilines is 2. The molecule has 0 spiro atoms. The number of carbonyl (C=O) groups is 2. The first-order valence-electron chi connectivity index (χ1n) is 11.0. The number of fused-ring (bicyclic) bond motifs is 1. The molecule has 0 saturated carbocycles. The highest BCUT2D eigenvalue weighted by molar-refractivity contribution is 6.11. The molecule has 1 saturated heterocycles. The number of hydrogen-bond acceptors (Lipinski definition) is 5. The van der Waals surface area contributed by atoms with Crippen molar-refractivity contribution in [1.82, 2.24) is 9.97 Å². The first kappa shape index (κ1) is 22.5. The van der Waals surface area contributed by atoms with E-state index in [1.54, 1.807) is 24.4 Å². The van der Waals surface area contributed by atoms with Gasteiger partial charge in [-0.05, 0) is 61.4 Å². The van der Waals surface area contributed by atoms with Crippen LogP contribution in [0.5, 0.6) is 0 Å². The summed E-state index contributed by atoms with van der Waals surface area (Å²) in [5.41, 5.74) is 0.634. The summed E-state index contributed by atoms with van der Waals surface area (Å²) >= 11 is 0. The second-order valence-electron chi connectivity index (χ2n) is 8.21. The zero-order valence-electron chi connectivity index (χ0n) is 18.4. The molecule has 0 radical (unpaired) electrons. The maximum absolute atomic E-state index is 15.2. The molecule has 2 heterocycles. The lowest BCUT2D eigenvalue weighted by Crippen LogP contribution is -2.19. The van der Waals surface area contributed by atoms with Gasteiger partial charge in [0.15, 0.2) is 23.2 Å². The predicted octanol–water partition coefficient (Wildman–Crippen LogP) is 5.13. The van der Waals surface area contributed by atoms with Gasteiger partial charge in [0, 0.05) is 24.2 Å². The Morgan fingerprint density at radius 3 is 2.40 bits per heavy atom. The summed E-state index contributed by atoms with van der Waals surface area (Å²) in [6, 6.07) is 11.4. The van der Waals surface area contributed by atoms with Crippen LogP contribution in [0.4, 0.5) is 24.7 Å². The number of nitrogens with one attached hydrogen (secondary N) is 1. The van der Waals surface area contributed by atoms with Gasteiger partial charge in [-0.3, -0.25) is 14.6 Å². The van der Waals surface area contributed by atoms with Crippen LogP contribution in [-0.2, 0) is 0 Å². The Morgan fingerprint density at radius 2 is 1.63 bits per heavy atom. The molecular formula is C26H19F3N4O2. The molecule has 0 unspecified atom stereocenters. The number of carbonyl (C=O) groups excluding carboxylic acids is 2. The third-order valence-corrected chi connectivity index (χ3v) is 5.90. The van der Waals surface area contributed by atoms with E-state index in [1.165, 1.54) is 18.2 Å². The smallest absolute Gasteiger partial charge is 0.255 e. The van der Waals surface area contributed by atoms with Crippen LogP contribution >= 0.6 is 0 Å². The quantitative estimate of drug-likeness (QED) is 0.404. The van der Waals surface area contributed by atoms with Crippen molar-refractivity contribution < 1.29 is 22.8 Å². The van der Waals surface area contributed by atoms with Crippen LogP contribution in [0.25, 0.3) is 11.0 Å². The van der Waals surface area contributed by atoms with Gasteiger partial charge in [0.25, 0.3) is 5.91 Å². The van der Waals surface area contributed by atoms with Crippen LogP contribution in [0, 0.1) is 17.5 Å². The second-order valence-corrected chi connectivity index (χ2v) is 8.21. The molecular weight excluding hydrogens is 457 g/mol. The Labute approximate surface area is 198 Å². The van der Waals surface area contributed by atoms with Crippen molar-refractivity contribution in [2.75, 3.05) is 23.3 Å². The fourth-order valence-corrected chi connectivity index (χ4v) is 4.03. The van der Waals surface area contributed by atoms with Crippen LogP contribution in [-0.4, -0.2) is 34.7 Å². The number of ketones is 1. The normalized spacial score (nSPS) is 13.3. The lowest BCUT2D eigenvalue weighted by atomic mass is 10.0. The molecule has 176 valence electrons. The van der Waals surface area contributed by atoms with Crippen molar-refractivity contribution in [2.24, 2.45) is 0 Å². The summed E-state index contributed by atoms with van der Waals surface area (Å²) in [5.74, 6) is -3.95. The molecule has 1 N–H and O–H groups in total. The number of amides is 1. The van der Waals surface area contributed by atoms with E-state index in [4.69, 9.17) is 0 Å². The van der Waals surface area contributed by atoms with Crippen molar-refractivity contribution in [3.05, 3.63) is 94.9 Å². The molecule has 4 aromatic rings. The van der Waals surface area contributed by atoms with Gasteiger partial charge >= 0.3 is 0 Å². The van der Waals surface area contributed by atoms with Gasteiger partial charge in [0.1, 0.15) is 5.82 Å². The van der Waals surface area contributed by atoms with Gasteiger partial charge < -0.3 is 10.2 Å². The molecule has 35 heavy (non-hydrogen) atoms. The van der Waals surface area contributed by atoms with Crippen LogP contribution in [0.1, 0.15) is 39.1 Å². The third-order valence-electron chi connectivity index (χ3n) is 5.90. The topological polar surface area (TPSA) is 75.2 Å². The lowest BCUT2D eigenvalue weighted by Gasteiger charge is -2.16. The van der Waals surface area contributed by atoms with E-state index in [-0.39, 0.29) is 22.4 Å². The van der Waals surface area contributed by atoms with Crippen molar-refractivity contribution in [3.63, 3.8) is 0 Å². The molecule has 1 fully saturated rings. The van der Waals surface area contributed by atoms with Gasteiger partial charge in [-0.15, -0.1) is 0 Å². The summed E-state index contributed by atoms with van der Waals surface area (Å²) < 4.78 is 41.8. The first-order chi connectivity index (χ1) is 16.9. The summed E-state index contributed by atoms with van der Waals surface area (Å²) in [6.45, 7) is 1.79. The van der Waals surface area contributed by atoms with Crippen molar-refractivity contribution in [1.29, 1.82) is 0 Å². The number of halogens is 3. The van der Waals surface area contributed by atoms with Gasteiger partial charge in [-0.1, -0.05) is 6.07 Å². The minimum atomic E-state index is -1.20. The van der Waals surface area contributed by atoms with Gasteiger partial charge in [-0.2, -0.15) is 0 Å². The molecule has 1 aliphatic heterocycles. The van der Waals surface area contributed by atoms with Crippen molar-refractivity contribution in [2.45, 2.75) is 12.8 Å². The highest BCUT2D eigenvalue weighted by Crippen LogP contribution is 2.25. The zero-order valence-corrected chi connectivity index (χ0v) is 18.4. The van der Waals surface area contributed by atoms with E-state index < -0.39 is 29.1 Å². The number of nitrogens with zero attached hydrogens (tertiary/aromatic N) is 3. The Hall–Kier alpha value is -4.27. The zero-order chi connectivity index (χ0) is 24.5. The predicted molar refractivity (Wildman–Crippen MR) is 125 cm³/mol. The first-order valence-corrected chi connectivity index (χ1v) is 11.0. The fraction of sp³-hybridized carbons (Fsp3) is 0.154. The maximum atomic E-state index is 15.2. The van der Waals surface area contributed by atoms with Crippen LogP contribution in [0.3, 0.4) is 0 Å². The molecule has 1 aliphatic rings. The van der Waals surface area contributed by atoms with E-state index in [1.807, 2.05) is 0 Å². The minimum Gasteiger partial charge on any atom is -0.355 e. The van der Waals surface area contributed by atoms with Gasteiger partial charge in [0.05, 0.1) is 28.5 Å². The third kappa shape index (κ3) is 4.44. The monoisotopic (exact) mass is 476 g/mol. The molecule has 0 atom stereocenters. The Balaban J connectivity index is 1.42. The molecule has 3 aromatic carbocycles. The molecule has 1 aromatic heterocycles. The SMILES string of the molecule is O=C(Nc1cccc(C(=O)c2ccc3ncc(N4CCCC4)nc3c2)c1F)c1ccc(F)c(F)c1. The minimum absolute atomic E-state index is 0.193. The van der Waals surface area contributed by atoms with E-state index >= 15 is 4.39 Å². The molecule has 1 amide bonds. The van der Waals surface area contributed by atoms with Gasteiger partial charge in [-0.25, -0.2) is 18.2 Å². The standard InChI is InChI=1S/C26H19F3N4O2/c27-18-8-6-16(12-19(18)28)26(35)32-21-5-3-4-17(24(21)29)25(34)15-7-9-20-22(13-15)31-23(14-30-20)33-10-1-2-11-33/h3-9,12-14H,1-2,10-11H2,(H,32,35). The summed E-state index contributed by atoms with van der Waals surface area (Å²) in [5, 5.41) is 2.31. The van der Waals surface area contributed by atoms with E-state index in [0.29, 0.717) is 17.1 Å². The van der Waals surface area contributed by atoms with Crippen molar-refractivity contribution in [3.8, 4) is 0 Å². The van der Waals surface area contributed by atoms with E-state index in [9.17, 15) is 18.4 Å². The Kier molecular flexibility index (Phi) is 5.90. The number of rotatable bonds is 5. The largest absolute Gasteiger partial charge is 0.355 e. The number of benzene rings is 3.